The number of aliphatic imine (C=N–C) groups is 1. The van der Waals surface area contributed by atoms with Crippen LogP contribution in [0.4, 0.5) is 0 Å². The number of guanidine groups is 1. The van der Waals surface area contributed by atoms with Crippen molar-refractivity contribution in [1.82, 2.24) is 25.4 Å². The largest absolute Gasteiger partial charge is 0.489 e. The highest BCUT2D eigenvalue weighted by Gasteiger charge is 2.07. The number of aryl methyl sites for hydroxylation is 2. The molecule has 0 bridgehead atoms. The van der Waals surface area contributed by atoms with E-state index in [-0.39, 0.29) is 30.1 Å². The molecule has 1 unspecified atom stereocenters. The second-order valence-corrected chi connectivity index (χ2v) is 6.13. The van der Waals surface area contributed by atoms with E-state index in [1.165, 1.54) is 0 Å². The van der Waals surface area contributed by atoms with Crippen molar-refractivity contribution < 1.29 is 4.74 Å². The molecule has 1 atom stereocenters. The summed E-state index contributed by atoms with van der Waals surface area (Å²) in [6.07, 6.45) is 2.64. The second kappa shape index (κ2) is 12.5. The van der Waals surface area contributed by atoms with Gasteiger partial charge in [0.15, 0.2) is 5.96 Å². The van der Waals surface area contributed by atoms with Gasteiger partial charge in [-0.15, -0.1) is 34.2 Å². The molecule has 0 radical (unpaired) electrons. The number of para-hydroxylation sites is 1. The second-order valence-electron chi connectivity index (χ2n) is 6.13. The molecule has 2 rings (SSSR count). The van der Waals surface area contributed by atoms with Gasteiger partial charge in [0, 0.05) is 26.1 Å². The first-order valence-corrected chi connectivity index (χ1v) is 9.25. The first-order valence-electron chi connectivity index (χ1n) is 9.25. The Kier molecular flexibility index (Phi) is 10.8. The number of hydrogen-bond acceptors (Lipinski definition) is 4. The Labute approximate surface area is 179 Å². The summed E-state index contributed by atoms with van der Waals surface area (Å²) in [4.78, 5) is 4.63. The third-order valence-electron chi connectivity index (χ3n) is 3.93. The third kappa shape index (κ3) is 7.74. The number of aromatic nitrogens is 3. The maximum atomic E-state index is 5.98. The van der Waals surface area contributed by atoms with E-state index in [2.05, 4.69) is 44.2 Å². The fourth-order valence-corrected chi connectivity index (χ4v) is 2.54. The van der Waals surface area contributed by atoms with Crippen LogP contribution in [0.3, 0.4) is 0 Å². The van der Waals surface area contributed by atoms with Crippen LogP contribution in [0.1, 0.15) is 32.2 Å². The molecule has 0 aliphatic carbocycles. The van der Waals surface area contributed by atoms with E-state index in [1.807, 2.05) is 38.1 Å². The summed E-state index contributed by atoms with van der Waals surface area (Å²) in [7, 11) is 0. The van der Waals surface area contributed by atoms with Gasteiger partial charge in [0.1, 0.15) is 24.0 Å². The van der Waals surface area contributed by atoms with E-state index in [9.17, 15) is 0 Å². The predicted molar refractivity (Wildman–Crippen MR) is 120 cm³/mol. The molecule has 150 valence electrons. The normalized spacial score (nSPS) is 12.2. The average molecular weight is 486 g/mol. The Morgan fingerprint density at radius 2 is 2.04 bits per heavy atom. The molecule has 7 nitrogen and oxygen atoms in total. The molecular weight excluding hydrogens is 455 g/mol. The van der Waals surface area contributed by atoms with Crippen molar-refractivity contribution in [3.63, 3.8) is 0 Å². The molecule has 0 fully saturated rings. The smallest absolute Gasteiger partial charge is 0.191 e. The lowest BCUT2D eigenvalue weighted by molar-refractivity contribution is 0.228. The number of halogens is 1. The van der Waals surface area contributed by atoms with Crippen molar-refractivity contribution in [2.45, 2.75) is 46.8 Å². The van der Waals surface area contributed by atoms with Gasteiger partial charge in [0.05, 0.1) is 6.54 Å². The van der Waals surface area contributed by atoms with Crippen LogP contribution < -0.4 is 15.4 Å². The molecule has 0 amide bonds. The summed E-state index contributed by atoms with van der Waals surface area (Å²) in [6, 6.07) is 8.04. The SMILES string of the molecule is CCNC(=NCC(C)Oc1ccccc1C)NCCn1cnnc1CC.I. The quantitative estimate of drug-likeness (QED) is 0.324. The molecule has 1 aromatic carbocycles. The van der Waals surface area contributed by atoms with E-state index in [0.29, 0.717) is 6.54 Å². The van der Waals surface area contributed by atoms with E-state index in [4.69, 9.17) is 4.74 Å². The standard InChI is InChI=1S/C19H30N6O.HI/c1-5-18-24-23-14-25(18)12-11-21-19(20-6-2)22-13-16(4)26-17-10-8-7-9-15(17)3;/h7-10,14,16H,5-6,11-13H2,1-4H3,(H2,20,21,22);1H. The van der Waals surface area contributed by atoms with E-state index >= 15 is 0 Å². The van der Waals surface area contributed by atoms with Crippen LogP contribution in [-0.4, -0.2) is 46.5 Å². The van der Waals surface area contributed by atoms with Gasteiger partial charge in [-0.05, 0) is 32.4 Å². The zero-order valence-corrected chi connectivity index (χ0v) is 18.9. The molecule has 1 heterocycles. The lowest BCUT2D eigenvalue weighted by Gasteiger charge is -2.16. The van der Waals surface area contributed by atoms with Gasteiger partial charge in [0.2, 0.25) is 0 Å². The highest BCUT2D eigenvalue weighted by atomic mass is 127. The molecule has 2 N–H and O–H groups in total. The molecule has 0 saturated carbocycles. The fourth-order valence-electron chi connectivity index (χ4n) is 2.54. The van der Waals surface area contributed by atoms with Crippen LogP contribution in [0.15, 0.2) is 35.6 Å². The molecule has 2 aromatic rings. The van der Waals surface area contributed by atoms with Gasteiger partial charge in [-0.25, -0.2) is 4.99 Å². The van der Waals surface area contributed by atoms with Crippen LogP contribution in [0.2, 0.25) is 0 Å². The minimum Gasteiger partial charge on any atom is -0.489 e. The highest BCUT2D eigenvalue weighted by Crippen LogP contribution is 2.17. The van der Waals surface area contributed by atoms with Crippen LogP contribution in [0, 0.1) is 6.92 Å². The third-order valence-corrected chi connectivity index (χ3v) is 3.93. The molecule has 0 aliphatic heterocycles. The van der Waals surface area contributed by atoms with Gasteiger partial charge in [-0.2, -0.15) is 0 Å². The first kappa shape index (κ1) is 23.2. The van der Waals surface area contributed by atoms with Gasteiger partial charge in [-0.3, -0.25) is 0 Å². The summed E-state index contributed by atoms with van der Waals surface area (Å²) in [5.41, 5.74) is 1.13. The number of nitrogens with zero attached hydrogens (tertiary/aromatic N) is 4. The van der Waals surface area contributed by atoms with Gasteiger partial charge in [0.25, 0.3) is 0 Å². The van der Waals surface area contributed by atoms with Gasteiger partial charge in [-0.1, -0.05) is 25.1 Å². The minimum atomic E-state index is -0.00361. The van der Waals surface area contributed by atoms with Gasteiger partial charge >= 0.3 is 0 Å². The molecule has 1 aromatic heterocycles. The van der Waals surface area contributed by atoms with E-state index < -0.39 is 0 Å². The van der Waals surface area contributed by atoms with E-state index in [1.54, 1.807) is 6.33 Å². The molecular formula is C19H31IN6O. The van der Waals surface area contributed by atoms with Crippen molar-refractivity contribution in [3.05, 3.63) is 42.0 Å². The molecule has 0 spiro atoms. The number of hydrogen-bond donors (Lipinski definition) is 2. The highest BCUT2D eigenvalue weighted by molar-refractivity contribution is 14.0. The lowest BCUT2D eigenvalue weighted by atomic mass is 10.2. The molecule has 0 saturated heterocycles. The predicted octanol–water partition coefficient (Wildman–Crippen LogP) is 2.79. The monoisotopic (exact) mass is 486 g/mol. The zero-order chi connectivity index (χ0) is 18.8. The Morgan fingerprint density at radius 1 is 1.26 bits per heavy atom. The summed E-state index contributed by atoms with van der Waals surface area (Å²) >= 11 is 0. The minimum absolute atomic E-state index is 0. The maximum Gasteiger partial charge on any atom is 0.191 e. The number of rotatable bonds is 9. The number of benzene rings is 1. The van der Waals surface area contributed by atoms with Crippen molar-refractivity contribution >= 4 is 29.9 Å². The fraction of sp³-hybridized carbons (Fsp3) is 0.526. The maximum absolute atomic E-state index is 5.98. The summed E-state index contributed by atoms with van der Waals surface area (Å²) in [5, 5.41) is 14.7. The van der Waals surface area contributed by atoms with Crippen molar-refractivity contribution in [3.8, 4) is 5.75 Å². The van der Waals surface area contributed by atoms with Crippen molar-refractivity contribution in [2.24, 2.45) is 4.99 Å². The zero-order valence-electron chi connectivity index (χ0n) is 16.6. The average Bonchev–Trinajstić information content (AvgIpc) is 3.09. The summed E-state index contributed by atoms with van der Waals surface area (Å²) in [6.45, 7) is 11.2. The van der Waals surface area contributed by atoms with Crippen LogP contribution >= 0.6 is 24.0 Å². The molecule has 27 heavy (non-hydrogen) atoms. The number of nitrogens with one attached hydrogen (secondary N) is 2. The first-order chi connectivity index (χ1) is 12.6. The Hall–Kier alpha value is -1.84. The Morgan fingerprint density at radius 3 is 2.74 bits per heavy atom. The van der Waals surface area contributed by atoms with E-state index in [0.717, 1.165) is 49.2 Å². The molecule has 8 heteroatoms. The van der Waals surface area contributed by atoms with Gasteiger partial charge < -0.3 is 19.9 Å². The van der Waals surface area contributed by atoms with Crippen LogP contribution in [0.25, 0.3) is 0 Å². The topological polar surface area (TPSA) is 76.4 Å². The lowest BCUT2D eigenvalue weighted by Crippen LogP contribution is -2.39. The summed E-state index contributed by atoms with van der Waals surface area (Å²) < 4.78 is 8.04. The van der Waals surface area contributed by atoms with Crippen LogP contribution in [-0.2, 0) is 13.0 Å². The van der Waals surface area contributed by atoms with Crippen molar-refractivity contribution in [1.29, 1.82) is 0 Å². The Bertz CT molecular complexity index is 703. The van der Waals surface area contributed by atoms with Crippen molar-refractivity contribution in [2.75, 3.05) is 19.6 Å². The Balaban J connectivity index is 0.00000364. The molecule has 0 aliphatic rings. The summed E-state index contributed by atoms with van der Waals surface area (Å²) in [5.74, 6) is 2.70. The van der Waals surface area contributed by atoms with Crippen LogP contribution in [0.5, 0.6) is 5.75 Å². The number of ether oxygens (including phenoxy) is 1.